The third kappa shape index (κ3) is 5.32. The standard InChI is InChI=1S/C11H17NO2/c1-5-7-8-12(10(13)6-2)9-11(3,4)14/h5-8,14H,1-2,9H2,3-4H3/b8-7-. The van der Waals surface area contributed by atoms with Crippen LogP contribution in [0.2, 0.25) is 0 Å². The summed E-state index contributed by atoms with van der Waals surface area (Å²) < 4.78 is 0. The van der Waals surface area contributed by atoms with Gasteiger partial charge in [-0.2, -0.15) is 0 Å². The Labute approximate surface area is 85.0 Å². The van der Waals surface area contributed by atoms with E-state index in [-0.39, 0.29) is 12.5 Å². The summed E-state index contributed by atoms with van der Waals surface area (Å²) in [5.41, 5.74) is -0.926. The molecule has 0 radical (unpaired) electrons. The van der Waals surface area contributed by atoms with Crippen LogP contribution in [0.1, 0.15) is 13.8 Å². The molecule has 1 N–H and O–H groups in total. The van der Waals surface area contributed by atoms with Crippen LogP contribution < -0.4 is 0 Å². The second-order valence-corrected chi connectivity index (χ2v) is 3.56. The monoisotopic (exact) mass is 195 g/mol. The van der Waals surface area contributed by atoms with Crippen LogP contribution in [0.15, 0.2) is 37.6 Å². The van der Waals surface area contributed by atoms with Gasteiger partial charge < -0.3 is 10.0 Å². The minimum absolute atomic E-state index is 0.224. The minimum atomic E-state index is -0.926. The topological polar surface area (TPSA) is 40.5 Å². The van der Waals surface area contributed by atoms with E-state index < -0.39 is 5.60 Å². The smallest absolute Gasteiger partial charge is 0.250 e. The van der Waals surface area contributed by atoms with Gasteiger partial charge in [0.15, 0.2) is 0 Å². The molecule has 0 rings (SSSR count). The fraction of sp³-hybridized carbons (Fsp3) is 0.364. The van der Waals surface area contributed by atoms with Gasteiger partial charge in [-0.3, -0.25) is 4.79 Å². The second kappa shape index (κ2) is 5.40. The molecular weight excluding hydrogens is 178 g/mol. The van der Waals surface area contributed by atoms with Gasteiger partial charge >= 0.3 is 0 Å². The Bertz CT molecular complexity index is 249. The summed E-state index contributed by atoms with van der Waals surface area (Å²) in [6.07, 6.45) is 5.97. The molecule has 0 unspecified atom stereocenters. The summed E-state index contributed by atoms with van der Waals surface area (Å²) in [6.45, 7) is 10.4. The number of carbonyl (C=O) groups is 1. The van der Waals surface area contributed by atoms with Crippen molar-refractivity contribution in [1.29, 1.82) is 0 Å². The zero-order valence-corrected chi connectivity index (χ0v) is 8.73. The van der Waals surface area contributed by atoms with Crippen molar-refractivity contribution in [1.82, 2.24) is 4.90 Å². The maximum atomic E-state index is 11.3. The molecule has 3 heteroatoms. The molecule has 0 atom stereocenters. The van der Waals surface area contributed by atoms with Crippen molar-refractivity contribution in [2.75, 3.05) is 6.54 Å². The van der Waals surface area contributed by atoms with Crippen LogP contribution in [-0.4, -0.2) is 28.1 Å². The lowest BCUT2D eigenvalue weighted by Crippen LogP contribution is -2.38. The van der Waals surface area contributed by atoms with E-state index in [4.69, 9.17) is 0 Å². The molecule has 78 valence electrons. The molecule has 0 bridgehead atoms. The van der Waals surface area contributed by atoms with E-state index in [9.17, 15) is 9.90 Å². The number of amides is 1. The van der Waals surface area contributed by atoms with Gasteiger partial charge in [-0.1, -0.05) is 19.2 Å². The molecule has 0 aromatic heterocycles. The molecule has 14 heavy (non-hydrogen) atoms. The lowest BCUT2D eigenvalue weighted by molar-refractivity contribution is -0.125. The highest BCUT2D eigenvalue weighted by atomic mass is 16.3. The van der Waals surface area contributed by atoms with Gasteiger partial charge in [0, 0.05) is 6.20 Å². The third-order valence-corrected chi connectivity index (χ3v) is 1.42. The summed E-state index contributed by atoms with van der Waals surface area (Å²) in [7, 11) is 0. The highest BCUT2D eigenvalue weighted by Gasteiger charge is 2.18. The van der Waals surface area contributed by atoms with E-state index in [1.807, 2.05) is 0 Å². The zero-order valence-electron chi connectivity index (χ0n) is 8.73. The van der Waals surface area contributed by atoms with Crippen molar-refractivity contribution in [3.63, 3.8) is 0 Å². The van der Waals surface area contributed by atoms with E-state index in [1.54, 1.807) is 32.2 Å². The summed E-state index contributed by atoms with van der Waals surface area (Å²) in [6, 6.07) is 0. The van der Waals surface area contributed by atoms with Gasteiger partial charge in [0.05, 0.1) is 12.1 Å². The number of hydrogen-bond donors (Lipinski definition) is 1. The Kier molecular flexibility index (Phi) is 4.87. The Hall–Kier alpha value is -1.35. The van der Waals surface area contributed by atoms with Crippen molar-refractivity contribution in [3.8, 4) is 0 Å². The second-order valence-electron chi connectivity index (χ2n) is 3.56. The first kappa shape index (κ1) is 12.7. The fourth-order valence-electron chi connectivity index (χ4n) is 0.903. The van der Waals surface area contributed by atoms with Crippen molar-refractivity contribution in [2.24, 2.45) is 0 Å². The number of hydrogen-bond acceptors (Lipinski definition) is 2. The number of allylic oxidation sites excluding steroid dienone is 2. The lowest BCUT2D eigenvalue weighted by atomic mass is 10.1. The van der Waals surface area contributed by atoms with Crippen LogP contribution >= 0.6 is 0 Å². The Morgan fingerprint density at radius 2 is 2.07 bits per heavy atom. The van der Waals surface area contributed by atoms with E-state index in [1.165, 1.54) is 11.0 Å². The lowest BCUT2D eigenvalue weighted by Gasteiger charge is -2.25. The number of aliphatic hydroxyl groups is 1. The number of rotatable bonds is 5. The van der Waals surface area contributed by atoms with Gasteiger partial charge in [-0.25, -0.2) is 0 Å². The molecule has 0 aliphatic heterocycles. The summed E-state index contributed by atoms with van der Waals surface area (Å²) in [5, 5.41) is 9.54. The predicted octanol–water partition coefficient (Wildman–Crippen LogP) is 1.47. The van der Waals surface area contributed by atoms with Crippen molar-refractivity contribution < 1.29 is 9.90 Å². The first-order chi connectivity index (χ1) is 6.40. The van der Waals surface area contributed by atoms with E-state index >= 15 is 0 Å². The highest BCUT2D eigenvalue weighted by molar-refractivity contribution is 5.87. The Balaban J connectivity index is 4.56. The van der Waals surface area contributed by atoms with Gasteiger partial charge in [0.25, 0.3) is 0 Å². The molecule has 0 spiro atoms. The molecule has 0 aliphatic carbocycles. The van der Waals surface area contributed by atoms with Crippen LogP contribution in [0.3, 0.4) is 0 Å². The largest absolute Gasteiger partial charge is 0.389 e. The molecule has 0 heterocycles. The van der Waals surface area contributed by atoms with E-state index in [0.29, 0.717) is 0 Å². The zero-order chi connectivity index (χ0) is 11.2. The maximum absolute atomic E-state index is 11.3. The summed E-state index contributed by atoms with van der Waals surface area (Å²) in [4.78, 5) is 12.7. The molecular formula is C11H17NO2. The van der Waals surface area contributed by atoms with Crippen molar-refractivity contribution >= 4 is 5.91 Å². The third-order valence-electron chi connectivity index (χ3n) is 1.42. The molecule has 0 fully saturated rings. The van der Waals surface area contributed by atoms with Gasteiger partial charge in [-0.15, -0.1) is 0 Å². The van der Waals surface area contributed by atoms with Crippen LogP contribution in [0.25, 0.3) is 0 Å². The maximum Gasteiger partial charge on any atom is 0.250 e. The Morgan fingerprint density at radius 3 is 2.43 bits per heavy atom. The normalized spacial score (nSPS) is 11.4. The minimum Gasteiger partial charge on any atom is -0.389 e. The molecule has 0 saturated heterocycles. The number of nitrogens with zero attached hydrogens (tertiary/aromatic N) is 1. The first-order valence-corrected chi connectivity index (χ1v) is 4.35. The average Bonchev–Trinajstić information content (AvgIpc) is 2.09. The molecule has 0 aromatic carbocycles. The fourth-order valence-corrected chi connectivity index (χ4v) is 0.903. The molecule has 0 aliphatic rings. The van der Waals surface area contributed by atoms with Crippen LogP contribution in [0.4, 0.5) is 0 Å². The van der Waals surface area contributed by atoms with Gasteiger partial charge in [-0.05, 0) is 26.0 Å². The van der Waals surface area contributed by atoms with Crippen molar-refractivity contribution in [2.45, 2.75) is 19.4 Å². The quantitative estimate of drug-likeness (QED) is 0.533. The predicted molar refractivity (Wildman–Crippen MR) is 57.5 cm³/mol. The van der Waals surface area contributed by atoms with Crippen LogP contribution in [-0.2, 0) is 4.79 Å². The van der Waals surface area contributed by atoms with E-state index in [2.05, 4.69) is 13.2 Å². The van der Waals surface area contributed by atoms with Gasteiger partial charge in [0.2, 0.25) is 5.91 Å². The summed E-state index contributed by atoms with van der Waals surface area (Å²) in [5.74, 6) is -0.245. The first-order valence-electron chi connectivity index (χ1n) is 4.35. The SMILES string of the molecule is C=C/C=C\N(CC(C)(C)O)C(=O)C=C. The Morgan fingerprint density at radius 1 is 1.50 bits per heavy atom. The molecule has 3 nitrogen and oxygen atoms in total. The van der Waals surface area contributed by atoms with Crippen LogP contribution in [0.5, 0.6) is 0 Å². The molecule has 1 amide bonds. The average molecular weight is 195 g/mol. The van der Waals surface area contributed by atoms with Gasteiger partial charge in [0.1, 0.15) is 0 Å². The molecule has 0 saturated carbocycles. The highest BCUT2D eigenvalue weighted by Crippen LogP contribution is 2.06. The summed E-state index contributed by atoms with van der Waals surface area (Å²) >= 11 is 0. The van der Waals surface area contributed by atoms with E-state index in [0.717, 1.165) is 0 Å². The molecule has 0 aromatic rings. The van der Waals surface area contributed by atoms with Crippen LogP contribution in [0, 0.1) is 0 Å². The number of carbonyl (C=O) groups excluding carboxylic acids is 1. The van der Waals surface area contributed by atoms with Crippen molar-refractivity contribution in [3.05, 3.63) is 37.6 Å².